The zero-order valence-corrected chi connectivity index (χ0v) is 9.96. The van der Waals surface area contributed by atoms with Crippen molar-refractivity contribution in [2.45, 2.75) is 24.7 Å². The molecule has 1 aromatic carbocycles. The summed E-state index contributed by atoms with van der Waals surface area (Å²) < 4.78 is 1.04. The van der Waals surface area contributed by atoms with Crippen LogP contribution in [-0.4, -0.2) is 16.2 Å². The minimum atomic E-state index is -0.799. The van der Waals surface area contributed by atoms with E-state index in [0.717, 1.165) is 28.5 Å². The largest absolute Gasteiger partial charge is 0.507 e. The average molecular weight is 248 g/mol. The second-order valence-electron chi connectivity index (χ2n) is 4.64. The quantitative estimate of drug-likeness (QED) is 0.877. The molecule has 88 valence electrons. The van der Waals surface area contributed by atoms with Gasteiger partial charge in [-0.3, -0.25) is 4.79 Å². The summed E-state index contributed by atoms with van der Waals surface area (Å²) >= 11 is 1.58. The van der Waals surface area contributed by atoms with Crippen molar-refractivity contribution in [3.05, 3.63) is 29.1 Å². The monoisotopic (exact) mass is 248 g/mol. The third-order valence-corrected chi connectivity index (χ3v) is 4.40. The zero-order chi connectivity index (χ0) is 12.0. The third-order valence-electron chi connectivity index (χ3n) is 3.52. The maximum absolute atomic E-state index is 10.9. The van der Waals surface area contributed by atoms with Gasteiger partial charge < -0.3 is 10.2 Å². The standard InChI is InChI=1S/C13H12O3S/c14-11(15)7-13(4-5-13)9-1-2-10-8(12(9)16)3-6-17-10/h1-3,6,16H,4-5,7H2,(H,14,15). The molecule has 1 heterocycles. The van der Waals surface area contributed by atoms with Crippen molar-refractivity contribution in [2.24, 2.45) is 0 Å². The summed E-state index contributed by atoms with van der Waals surface area (Å²) in [6, 6.07) is 5.73. The molecular weight excluding hydrogens is 236 g/mol. The summed E-state index contributed by atoms with van der Waals surface area (Å²) in [5, 5.41) is 21.9. The fourth-order valence-corrected chi connectivity index (χ4v) is 3.23. The molecule has 0 saturated heterocycles. The first-order chi connectivity index (χ1) is 8.12. The molecule has 0 atom stereocenters. The fraction of sp³-hybridized carbons (Fsp3) is 0.308. The summed E-state index contributed by atoms with van der Waals surface area (Å²) in [7, 11) is 0. The van der Waals surface area contributed by atoms with Crippen molar-refractivity contribution in [1.82, 2.24) is 0 Å². The Kier molecular flexibility index (Phi) is 2.16. The normalized spacial score (nSPS) is 17.2. The lowest BCUT2D eigenvalue weighted by atomic mass is 9.91. The highest BCUT2D eigenvalue weighted by atomic mass is 32.1. The molecule has 4 heteroatoms. The molecule has 3 nitrogen and oxygen atoms in total. The van der Waals surface area contributed by atoms with Crippen LogP contribution in [0.5, 0.6) is 5.75 Å². The fourth-order valence-electron chi connectivity index (χ4n) is 2.44. The van der Waals surface area contributed by atoms with Gasteiger partial charge in [-0.15, -0.1) is 11.3 Å². The smallest absolute Gasteiger partial charge is 0.304 e. The molecule has 1 aliphatic carbocycles. The van der Waals surface area contributed by atoms with Crippen LogP contribution >= 0.6 is 11.3 Å². The number of thiophene rings is 1. The molecule has 0 unspecified atom stereocenters. The number of aliphatic carboxylic acids is 1. The van der Waals surface area contributed by atoms with Crippen molar-refractivity contribution in [3.63, 3.8) is 0 Å². The maximum Gasteiger partial charge on any atom is 0.304 e. The molecule has 1 saturated carbocycles. The van der Waals surface area contributed by atoms with E-state index in [1.165, 1.54) is 0 Å². The molecule has 1 fully saturated rings. The summed E-state index contributed by atoms with van der Waals surface area (Å²) in [6.07, 6.45) is 1.81. The predicted molar refractivity (Wildman–Crippen MR) is 66.7 cm³/mol. The Morgan fingerprint density at radius 3 is 2.76 bits per heavy atom. The zero-order valence-electron chi connectivity index (χ0n) is 9.14. The molecule has 0 amide bonds. The van der Waals surface area contributed by atoms with Crippen molar-refractivity contribution in [2.75, 3.05) is 0 Å². The number of fused-ring (bicyclic) bond motifs is 1. The Hall–Kier alpha value is -1.55. The highest BCUT2D eigenvalue weighted by Crippen LogP contribution is 2.55. The summed E-state index contributed by atoms with van der Waals surface area (Å²) in [6.45, 7) is 0. The van der Waals surface area contributed by atoms with Crippen LogP contribution in [0.2, 0.25) is 0 Å². The Morgan fingerprint density at radius 1 is 1.35 bits per heavy atom. The number of phenolic OH excluding ortho intramolecular Hbond substituents is 1. The second-order valence-corrected chi connectivity index (χ2v) is 5.59. The second kappa shape index (κ2) is 3.47. The van der Waals surface area contributed by atoms with E-state index in [1.54, 1.807) is 11.3 Å². The number of benzene rings is 1. The Labute approximate surface area is 102 Å². The minimum Gasteiger partial charge on any atom is -0.507 e. The number of carbonyl (C=O) groups is 1. The van der Waals surface area contributed by atoms with E-state index in [0.29, 0.717) is 0 Å². The molecule has 0 aliphatic heterocycles. The lowest BCUT2D eigenvalue weighted by Crippen LogP contribution is -2.13. The summed E-state index contributed by atoms with van der Waals surface area (Å²) in [5.41, 5.74) is 0.470. The predicted octanol–water partition coefficient (Wildman–Crippen LogP) is 3.11. The van der Waals surface area contributed by atoms with Crippen molar-refractivity contribution < 1.29 is 15.0 Å². The maximum atomic E-state index is 10.9. The van der Waals surface area contributed by atoms with Gasteiger partial charge in [0, 0.05) is 21.1 Å². The molecule has 0 bridgehead atoms. The molecule has 0 radical (unpaired) electrons. The van der Waals surface area contributed by atoms with Crippen LogP contribution in [0, 0.1) is 0 Å². The average Bonchev–Trinajstić information content (AvgIpc) is 2.87. The van der Waals surface area contributed by atoms with Crippen LogP contribution in [0.25, 0.3) is 10.1 Å². The first-order valence-corrected chi connectivity index (χ1v) is 6.42. The van der Waals surface area contributed by atoms with Gasteiger partial charge in [-0.25, -0.2) is 0 Å². The van der Waals surface area contributed by atoms with Gasteiger partial charge in [0.15, 0.2) is 0 Å². The van der Waals surface area contributed by atoms with Crippen molar-refractivity contribution in [1.29, 1.82) is 0 Å². The van der Waals surface area contributed by atoms with Gasteiger partial charge in [-0.2, -0.15) is 0 Å². The van der Waals surface area contributed by atoms with Gasteiger partial charge >= 0.3 is 5.97 Å². The van der Waals surface area contributed by atoms with Crippen LogP contribution < -0.4 is 0 Å². The van der Waals surface area contributed by atoms with Gasteiger partial charge in [0.05, 0.1) is 6.42 Å². The van der Waals surface area contributed by atoms with E-state index in [2.05, 4.69) is 0 Å². The molecule has 17 heavy (non-hydrogen) atoms. The van der Waals surface area contributed by atoms with E-state index in [1.807, 2.05) is 23.6 Å². The molecular formula is C13H12O3S. The van der Waals surface area contributed by atoms with Crippen LogP contribution in [0.4, 0.5) is 0 Å². The first kappa shape index (κ1) is 10.6. The number of phenols is 1. The number of hydrogen-bond donors (Lipinski definition) is 2. The van der Waals surface area contributed by atoms with E-state index < -0.39 is 5.97 Å². The van der Waals surface area contributed by atoms with Gasteiger partial charge in [0.1, 0.15) is 5.75 Å². The number of carboxylic acid groups (broad SMARTS) is 1. The van der Waals surface area contributed by atoms with Gasteiger partial charge in [-0.1, -0.05) is 6.07 Å². The molecule has 1 aliphatic rings. The van der Waals surface area contributed by atoms with Gasteiger partial charge in [0.25, 0.3) is 0 Å². The number of rotatable bonds is 3. The Balaban J connectivity index is 2.11. The number of aromatic hydroxyl groups is 1. The summed E-state index contributed by atoms with van der Waals surface area (Å²) in [4.78, 5) is 10.9. The Bertz CT molecular complexity index is 596. The third kappa shape index (κ3) is 1.60. The van der Waals surface area contributed by atoms with E-state index >= 15 is 0 Å². The van der Waals surface area contributed by atoms with Crippen LogP contribution in [0.15, 0.2) is 23.6 Å². The van der Waals surface area contributed by atoms with E-state index in [4.69, 9.17) is 5.11 Å². The summed E-state index contributed by atoms with van der Waals surface area (Å²) in [5.74, 6) is -0.533. The molecule has 2 N–H and O–H groups in total. The van der Waals surface area contributed by atoms with Crippen LogP contribution in [-0.2, 0) is 10.2 Å². The molecule has 0 spiro atoms. The number of carboxylic acids is 1. The molecule has 2 aromatic rings. The first-order valence-electron chi connectivity index (χ1n) is 5.54. The van der Waals surface area contributed by atoms with Crippen molar-refractivity contribution in [3.8, 4) is 5.75 Å². The van der Waals surface area contributed by atoms with Crippen molar-refractivity contribution >= 4 is 27.4 Å². The van der Waals surface area contributed by atoms with Crippen LogP contribution in [0.3, 0.4) is 0 Å². The lowest BCUT2D eigenvalue weighted by Gasteiger charge is -2.15. The SMILES string of the molecule is O=C(O)CC1(c2ccc3sccc3c2O)CC1. The van der Waals surface area contributed by atoms with E-state index in [-0.39, 0.29) is 17.6 Å². The Morgan fingerprint density at radius 2 is 2.12 bits per heavy atom. The van der Waals surface area contributed by atoms with Gasteiger partial charge in [-0.05, 0) is 30.4 Å². The van der Waals surface area contributed by atoms with Crippen LogP contribution in [0.1, 0.15) is 24.8 Å². The van der Waals surface area contributed by atoms with Gasteiger partial charge in [0.2, 0.25) is 0 Å². The highest BCUT2D eigenvalue weighted by Gasteiger charge is 2.47. The topological polar surface area (TPSA) is 57.5 Å². The molecule has 1 aromatic heterocycles. The highest BCUT2D eigenvalue weighted by molar-refractivity contribution is 7.17. The number of hydrogen-bond acceptors (Lipinski definition) is 3. The minimum absolute atomic E-state index is 0.107. The molecule has 3 rings (SSSR count). The lowest BCUT2D eigenvalue weighted by molar-refractivity contribution is -0.137. The van der Waals surface area contributed by atoms with E-state index in [9.17, 15) is 9.90 Å².